The van der Waals surface area contributed by atoms with Crippen molar-refractivity contribution >= 4 is 17.3 Å². The normalized spacial score (nSPS) is 10.4. The Morgan fingerprint density at radius 3 is 2.84 bits per heavy atom. The van der Waals surface area contributed by atoms with Gasteiger partial charge in [0.2, 0.25) is 0 Å². The van der Waals surface area contributed by atoms with Crippen LogP contribution < -0.4 is 11.1 Å². The zero-order valence-electron chi connectivity index (χ0n) is 13.5. The first kappa shape index (κ1) is 16.4. The molecule has 0 saturated heterocycles. The maximum absolute atomic E-state index is 13.7. The molecule has 2 heterocycles. The van der Waals surface area contributed by atoms with Crippen LogP contribution in [0.15, 0.2) is 30.3 Å². The number of aromatic amines is 1. The van der Waals surface area contributed by atoms with Crippen LogP contribution in [0.25, 0.3) is 0 Å². The Hall–Kier alpha value is -3.47. The number of nitrogens with zero attached hydrogens (tertiary/aromatic N) is 4. The number of hydrogen-bond donors (Lipinski definition) is 3. The van der Waals surface area contributed by atoms with Crippen LogP contribution in [0.4, 0.5) is 21.7 Å². The van der Waals surface area contributed by atoms with Crippen molar-refractivity contribution in [3.8, 4) is 6.07 Å². The molecular weight excluding hydrogens is 321 g/mol. The Balaban J connectivity index is 1.67. The van der Waals surface area contributed by atoms with E-state index in [1.54, 1.807) is 19.1 Å². The molecule has 0 saturated carbocycles. The molecule has 126 valence electrons. The number of aryl methyl sites for hydroxylation is 3. The molecule has 0 unspecified atom stereocenters. The summed E-state index contributed by atoms with van der Waals surface area (Å²) in [6.07, 6.45) is 1.09. The zero-order valence-corrected chi connectivity index (χ0v) is 13.5. The molecule has 1 aromatic carbocycles. The lowest BCUT2D eigenvalue weighted by molar-refractivity contribution is 0.608. The summed E-state index contributed by atoms with van der Waals surface area (Å²) in [5.41, 5.74) is 7.92. The molecular formula is C17H16FN7. The van der Waals surface area contributed by atoms with Crippen molar-refractivity contribution in [1.82, 2.24) is 20.2 Å². The molecule has 0 amide bonds. The minimum Gasteiger partial charge on any atom is -0.399 e. The topological polar surface area (TPSA) is 116 Å². The van der Waals surface area contributed by atoms with Gasteiger partial charge in [0.05, 0.1) is 0 Å². The Kier molecular flexibility index (Phi) is 4.57. The molecule has 0 aliphatic rings. The van der Waals surface area contributed by atoms with E-state index < -0.39 is 0 Å². The summed E-state index contributed by atoms with van der Waals surface area (Å²) in [5, 5.41) is 19.0. The third-order valence-electron chi connectivity index (χ3n) is 3.57. The number of nitrogens with one attached hydrogen (secondary N) is 2. The van der Waals surface area contributed by atoms with E-state index in [1.165, 1.54) is 12.1 Å². The predicted molar refractivity (Wildman–Crippen MR) is 91.6 cm³/mol. The fourth-order valence-corrected chi connectivity index (χ4v) is 2.43. The Morgan fingerprint density at radius 2 is 2.04 bits per heavy atom. The predicted octanol–water partition coefficient (Wildman–Crippen LogP) is 2.63. The van der Waals surface area contributed by atoms with Crippen molar-refractivity contribution in [2.24, 2.45) is 0 Å². The van der Waals surface area contributed by atoms with Gasteiger partial charge in [-0.1, -0.05) is 0 Å². The van der Waals surface area contributed by atoms with Crippen molar-refractivity contribution in [1.29, 1.82) is 5.26 Å². The maximum Gasteiger partial charge on any atom is 0.153 e. The largest absolute Gasteiger partial charge is 0.399 e. The highest BCUT2D eigenvalue weighted by Crippen LogP contribution is 2.17. The first-order chi connectivity index (χ1) is 12.0. The van der Waals surface area contributed by atoms with E-state index in [-0.39, 0.29) is 11.5 Å². The SMILES string of the molecule is Cc1nc(C#N)cc(Nc2cc(CCc3cc(N)ccc3F)[nH]n2)n1. The van der Waals surface area contributed by atoms with Gasteiger partial charge in [-0.2, -0.15) is 10.4 Å². The molecule has 0 fully saturated rings. The molecule has 0 radical (unpaired) electrons. The Bertz CT molecular complexity index is 942. The molecule has 0 aliphatic heterocycles. The van der Waals surface area contributed by atoms with Gasteiger partial charge in [-0.15, -0.1) is 0 Å². The van der Waals surface area contributed by atoms with E-state index in [0.717, 1.165) is 5.69 Å². The number of nitriles is 1. The van der Waals surface area contributed by atoms with Crippen LogP contribution in [0.3, 0.4) is 0 Å². The van der Waals surface area contributed by atoms with Gasteiger partial charge in [0.1, 0.15) is 29.2 Å². The van der Waals surface area contributed by atoms with E-state index in [2.05, 4.69) is 25.5 Å². The number of anilines is 3. The fourth-order valence-electron chi connectivity index (χ4n) is 2.43. The third kappa shape index (κ3) is 4.09. The highest BCUT2D eigenvalue weighted by Gasteiger charge is 2.07. The lowest BCUT2D eigenvalue weighted by Crippen LogP contribution is -1.99. The number of rotatable bonds is 5. The van der Waals surface area contributed by atoms with Gasteiger partial charge in [0, 0.05) is 23.5 Å². The molecule has 3 rings (SSSR count). The summed E-state index contributed by atoms with van der Waals surface area (Å²) >= 11 is 0. The van der Waals surface area contributed by atoms with Gasteiger partial charge in [-0.25, -0.2) is 14.4 Å². The highest BCUT2D eigenvalue weighted by molar-refractivity contribution is 5.53. The smallest absolute Gasteiger partial charge is 0.153 e. The molecule has 3 aromatic rings. The van der Waals surface area contributed by atoms with Gasteiger partial charge in [0.25, 0.3) is 0 Å². The molecule has 0 atom stereocenters. The van der Waals surface area contributed by atoms with Crippen LogP contribution in [-0.2, 0) is 12.8 Å². The zero-order chi connectivity index (χ0) is 17.8. The van der Waals surface area contributed by atoms with Crippen molar-refractivity contribution in [2.75, 3.05) is 11.1 Å². The summed E-state index contributed by atoms with van der Waals surface area (Å²) < 4.78 is 13.7. The van der Waals surface area contributed by atoms with Gasteiger partial charge in [-0.3, -0.25) is 5.10 Å². The van der Waals surface area contributed by atoms with Gasteiger partial charge in [0.15, 0.2) is 5.82 Å². The maximum atomic E-state index is 13.7. The van der Waals surface area contributed by atoms with Crippen LogP contribution in [0.1, 0.15) is 22.8 Å². The number of H-pyrrole nitrogens is 1. The average molecular weight is 337 g/mol. The second-order valence-electron chi connectivity index (χ2n) is 5.55. The number of aromatic nitrogens is 4. The molecule has 8 heteroatoms. The Morgan fingerprint density at radius 1 is 1.20 bits per heavy atom. The van der Waals surface area contributed by atoms with Crippen molar-refractivity contribution in [3.63, 3.8) is 0 Å². The average Bonchev–Trinajstić information content (AvgIpc) is 3.02. The molecule has 0 aliphatic carbocycles. The van der Waals surface area contributed by atoms with Gasteiger partial charge in [-0.05, 0) is 43.5 Å². The highest BCUT2D eigenvalue weighted by atomic mass is 19.1. The summed E-state index contributed by atoms with van der Waals surface area (Å²) in [5.74, 6) is 1.27. The van der Waals surface area contributed by atoms with Crippen LogP contribution in [0.2, 0.25) is 0 Å². The van der Waals surface area contributed by atoms with E-state index in [4.69, 9.17) is 11.0 Å². The molecule has 25 heavy (non-hydrogen) atoms. The van der Waals surface area contributed by atoms with Crippen LogP contribution in [0, 0.1) is 24.1 Å². The van der Waals surface area contributed by atoms with Crippen molar-refractivity contribution in [3.05, 3.63) is 58.9 Å². The number of nitrogens with two attached hydrogens (primary N) is 1. The quantitative estimate of drug-likeness (QED) is 0.616. The minimum absolute atomic E-state index is 0.271. The summed E-state index contributed by atoms with van der Waals surface area (Å²) in [4.78, 5) is 8.20. The van der Waals surface area contributed by atoms with E-state index in [9.17, 15) is 4.39 Å². The molecule has 0 spiro atoms. The van der Waals surface area contributed by atoms with Crippen molar-refractivity contribution in [2.45, 2.75) is 19.8 Å². The standard InChI is InChI=1S/C17H16FN7/c1-10-21-14(9-19)8-16(22-10)23-17-7-13(24-25-17)4-2-11-6-12(20)3-5-15(11)18/h3,5-8H,2,4,20H2,1H3,(H2,21,22,23,24,25). The lowest BCUT2D eigenvalue weighted by Gasteiger charge is -2.03. The molecule has 0 bridgehead atoms. The number of halogens is 1. The molecule has 7 nitrogen and oxygen atoms in total. The van der Waals surface area contributed by atoms with Gasteiger partial charge >= 0.3 is 0 Å². The van der Waals surface area contributed by atoms with E-state index in [0.29, 0.717) is 41.6 Å². The van der Waals surface area contributed by atoms with Crippen LogP contribution in [-0.4, -0.2) is 20.2 Å². The lowest BCUT2D eigenvalue weighted by atomic mass is 10.1. The van der Waals surface area contributed by atoms with Crippen LogP contribution in [0.5, 0.6) is 0 Å². The first-order valence-corrected chi connectivity index (χ1v) is 7.64. The number of hydrogen-bond acceptors (Lipinski definition) is 6. The molecule has 4 N–H and O–H groups in total. The second kappa shape index (κ2) is 6.97. The third-order valence-corrected chi connectivity index (χ3v) is 3.57. The monoisotopic (exact) mass is 337 g/mol. The molecule has 2 aromatic heterocycles. The summed E-state index contributed by atoms with van der Waals surface area (Å²) in [6, 6.07) is 9.89. The van der Waals surface area contributed by atoms with Gasteiger partial charge < -0.3 is 11.1 Å². The fraction of sp³-hybridized carbons (Fsp3) is 0.176. The number of nitrogen functional groups attached to an aromatic ring is 1. The summed E-state index contributed by atoms with van der Waals surface area (Å²) in [6.45, 7) is 1.71. The second-order valence-corrected chi connectivity index (χ2v) is 5.55. The summed E-state index contributed by atoms with van der Waals surface area (Å²) in [7, 11) is 0. The van der Waals surface area contributed by atoms with E-state index >= 15 is 0 Å². The van der Waals surface area contributed by atoms with Crippen LogP contribution >= 0.6 is 0 Å². The number of benzene rings is 1. The minimum atomic E-state index is -0.271. The first-order valence-electron chi connectivity index (χ1n) is 7.64. The van der Waals surface area contributed by atoms with Crippen molar-refractivity contribution < 1.29 is 4.39 Å². The Labute approximate surface area is 143 Å². The van der Waals surface area contributed by atoms with E-state index in [1.807, 2.05) is 12.1 Å².